The molecule has 20 heavy (non-hydrogen) atoms. The summed E-state index contributed by atoms with van der Waals surface area (Å²) in [6, 6.07) is 1.78. The Morgan fingerprint density at radius 2 is 2.05 bits per heavy atom. The molecule has 0 aliphatic rings. The van der Waals surface area contributed by atoms with Gasteiger partial charge in [0.1, 0.15) is 5.60 Å². The lowest BCUT2D eigenvalue weighted by atomic mass is 10.2. The fourth-order valence-corrected chi connectivity index (χ4v) is 2.01. The monoisotopic (exact) mass is 390 g/mol. The molecule has 0 atom stereocenters. The van der Waals surface area contributed by atoms with Crippen molar-refractivity contribution < 1.29 is 14.3 Å². The minimum Gasteiger partial charge on any atom is -0.443 e. The molecule has 1 aromatic heterocycles. The minimum atomic E-state index is -0.613. The molecule has 6 heteroatoms. The van der Waals surface area contributed by atoms with E-state index in [1.54, 1.807) is 46.2 Å². The van der Waals surface area contributed by atoms with Crippen LogP contribution in [0.25, 0.3) is 0 Å². The molecule has 0 aromatic carbocycles. The van der Waals surface area contributed by atoms with Gasteiger partial charge in [-0.15, -0.1) is 0 Å². The smallest absolute Gasteiger partial charge is 0.415 e. The van der Waals surface area contributed by atoms with Crippen LogP contribution in [0.5, 0.6) is 0 Å². The first kappa shape index (κ1) is 16.9. The van der Waals surface area contributed by atoms with Gasteiger partial charge in [0.15, 0.2) is 5.78 Å². The van der Waals surface area contributed by atoms with E-state index >= 15 is 0 Å². The molecule has 110 valence electrons. The average Bonchev–Trinajstić information content (AvgIpc) is 2.34. The van der Waals surface area contributed by atoms with Gasteiger partial charge in [-0.2, -0.15) is 0 Å². The molecule has 0 N–H and O–H groups in total. The highest BCUT2D eigenvalue weighted by Crippen LogP contribution is 2.23. The van der Waals surface area contributed by atoms with Crippen molar-refractivity contribution in [3.05, 3.63) is 22.0 Å². The first-order chi connectivity index (χ1) is 9.24. The Labute approximate surface area is 132 Å². The Balaban J connectivity index is 3.06. The molecule has 5 nitrogen and oxygen atoms in total. The van der Waals surface area contributed by atoms with Crippen LogP contribution in [0, 0.1) is 3.57 Å². The van der Waals surface area contributed by atoms with Crippen molar-refractivity contribution >= 4 is 40.2 Å². The molecular weight excluding hydrogens is 371 g/mol. The molecule has 0 unspecified atom stereocenters. The average molecular weight is 390 g/mol. The third-order valence-corrected chi connectivity index (χ3v) is 3.29. The van der Waals surface area contributed by atoms with Gasteiger partial charge in [0.25, 0.3) is 0 Å². The minimum absolute atomic E-state index is 0.00684. The van der Waals surface area contributed by atoms with Gasteiger partial charge in [0, 0.05) is 16.2 Å². The second kappa shape index (κ2) is 7.01. The van der Waals surface area contributed by atoms with E-state index in [2.05, 4.69) is 27.6 Å². The lowest BCUT2D eigenvalue weighted by Crippen LogP contribution is -2.40. The van der Waals surface area contributed by atoms with Gasteiger partial charge >= 0.3 is 6.09 Å². The Bertz CT molecular complexity index is 497. The predicted molar refractivity (Wildman–Crippen MR) is 85.8 cm³/mol. The number of aromatic nitrogens is 1. The molecule has 1 amide bonds. The lowest BCUT2D eigenvalue weighted by molar-refractivity contribution is -0.117. The number of ketones is 1. The summed E-state index contributed by atoms with van der Waals surface area (Å²) in [5, 5.41) is 0. The molecule has 0 fully saturated rings. The number of Topliss-reactive ketones (excluding diaryl/α,β-unsaturated/α-hetero) is 1. The van der Waals surface area contributed by atoms with Gasteiger partial charge in [-0.3, -0.25) is 14.7 Å². The summed E-state index contributed by atoms with van der Waals surface area (Å²) in [4.78, 5) is 29.3. The van der Waals surface area contributed by atoms with Crippen molar-refractivity contribution in [3.63, 3.8) is 0 Å². The molecule has 0 aliphatic heterocycles. The van der Waals surface area contributed by atoms with Crippen LogP contribution < -0.4 is 4.90 Å². The summed E-state index contributed by atoms with van der Waals surface area (Å²) in [5.74, 6) is -0.0319. The highest BCUT2D eigenvalue weighted by Gasteiger charge is 2.26. The van der Waals surface area contributed by atoms with Crippen LogP contribution >= 0.6 is 22.6 Å². The van der Waals surface area contributed by atoms with E-state index in [1.807, 2.05) is 0 Å². The van der Waals surface area contributed by atoms with E-state index in [-0.39, 0.29) is 12.3 Å². The number of hydrogen-bond acceptors (Lipinski definition) is 4. The molecule has 0 spiro atoms. The largest absolute Gasteiger partial charge is 0.443 e. The number of pyridine rings is 1. The summed E-state index contributed by atoms with van der Waals surface area (Å²) >= 11 is 2.10. The number of amides is 1. The van der Waals surface area contributed by atoms with E-state index in [0.717, 1.165) is 3.57 Å². The summed E-state index contributed by atoms with van der Waals surface area (Å²) in [7, 11) is 0. The molecule has 1 heterocycles. The quantitative estimate of drug-likeness (QED) is 0.740. The van der Waals surface area contributed by atoms with Crippen molar-refractivity contribution in [2.24, 2.45) is 0 Å². The van der Waals surface area contributed by atoms with Gasteiger partial charge in [-0.1, -0.05) is 6.92 Å². The van der Waals surface area contributed by atoms with Crippen LogP contribution in [0.15, 0.2) is 18.5 Å². The van der Waals surface area contributed by atoms with Crippen molar-refractivity contribution in [1.82, 2.24) is 4.98 Å². The van der Waals surface area contributed by atoms with E-state index in [9.17, 15) is 9.59 Å². The number of ether oxygens (including phenoxy) is 1. The number of carbonyl (C=O) groups is 2. The second-order valence-electron chi connectivity index (χ2n) is 5.29. The summed E-state index contributed by atoms with van der Waals surface area (Å²) in [6.45, 7) is 7.13. The molecule has 0 aliphatic carbocycles. The standard InChI is InChI=1S/C14H19IN2O3/c1-5-10(18)9-17(13(19)20-14(2,3)4)12-8-16-7-6-11(12)15/h6-8H,5,9H2,1-4H3. The first-order valence-corrected chi connectivity index (χ1v) is 7.44. The van der Waals surface area contributed by atoms with Crippen LogP contribution in [0.2, 0.25) is 0 Å². The normalized spacial score (nSPS) is 11.1. The number of halogens is 1. The highest BCUT2D eigenvalue weighted by molar-refractivity contribution is 14.1. The summed E-state index contributed by atoms with van der Waals surface area (Å²) < 4.78 is 6.20. The van der Waals surface area contributed by atoms with Crippen LogP contribution in [-0.4, -0.2) is 29.0 Å². The first-order valence-electron chi connectivity index (χ1n) is 6.36. The van der Waals surface area contributed by atoms with E-state index in [0.29, 0.717) is 12.1 Å². The topological polar surface area (TPSA) is 59.5 Å². The summed E-state index contributed by atoms with van der Waals surface area (Å²) in [6.07, 6.45) is 3.04. The van der Waals surface area contributed by atoms with Gasteiger partial charge < -0.3 is 4.74 Å². The molecule has 0 radical (unpaired) electrons. The van der Waals surface area contributed by atoms with Gasteiger partial charge in [-0.05, 0) is 49.4 Å². The number of nitrogens with zero attached hydrogens (tertiary/aromatic N) is 2. The Hall–Kier alpha value is -1.18. The fourth-order valence-electron chi connectivity index (χ4n) is 1.42. The second-order valence-corrected chi connectivity index (χ2v) is 6.45. The molecule has 1 aromatic rings. The third kappa shape index (κ3) is 5.07. The van der Waals surface area contributed by atoms with E-state index < -0.39 is 11.7 Å². The van der Waals surface area contributed by atoms with E-state index in [1.165, 1.54) is 4.90 Å². The Kier molecular flexibility index (Phi) is 5.91. The van der Waals surface area contributed by atoms with Crippen LogP contribution in [0.4, 0.5) is 10.5 Å². The van der Waals surface area contributed by atoms with Crippen molar-refractivity contribution in [2.75, 3.05) is 11.4 Å². The van der Waals surface area contributed by atoms with Crippen molar-refractivity contribution in [2.45, 2.75) is 39.7 Å². The SMILES string of the molecule is CCC(=O)CN(C(=O)OC(C)(C)C)c1cnccc1I. The third-order valence-electron chi connectivity index (χ3n) is 2.38. The maximum absolute atomic E-state index is 12.3. The molecule has 0 saturated carbocycles. The Morgan fingerprint density at radius 3 is 2.55 bits per heavy atom. The maximum atomic E-state index is 12.3. The maximum Gasteiger partial charge on any atom is 0.415 e. The molecule has 0 saturated heterocycles. The summed E-state index contributed by atoms with van der Waals surface area (Å²) in [5.41, 5.74) is -0.0257. The predicted octanol–water partition coefficient (Wildman–Crippen LogP) is 3.41. The van der Waals surface area contributed by atoms with Gasteiger partial charge in [-0.25, -0.2) is 4.79 Å². The molecule has 0 bridgehead atoms. The highest BCUT2D eigenvalue weighted by atomic mass is 127. The lowest BCUT2D eigenvalue weighted by Gasteiger charge is -2.27. The molecular formula is C14H19IN2O3. The van der Waals surface area contributed by atoms with Crippen LogP contribution in [-0.2, 0) is 9.53 Å². The van der Waals surface area contributed by atoms with Gasteiger partial charge in [0.2, 0.25) is 0 Å². The molecule has 1 rings (SSSR count). The van der Waals surface area contributed by atoms with Gasteiger partial charge in [0.05, 0.1) is 18.4 Å². The van der Waals surface area contributed by atoms with Crippen molar-refractivity contribution in [3.8, 4) is 0 Å². The number of anilines is 1. The zero-order valence-corrected chi connectivity index (χ0v) is 14.3. The number of carbonyl (C=O) groups excluding carboxylic acids is 2. The van der Waals surface area contributed by atoms with Crippen molar-refractivity contribution in [1.29, 1.82) is 0 Å². The Morgan fingerprint density at radius 1 is 1.40 bits per heavy atom. The zero-order chi connectivity index (χ0) is 15.3. The fraction of sp³-hybridized carbons (Fsp3) is 0.500. The van der Waals surface area contributed by atoms with Crippen LogP contribution in [0.3, 0.4) is 0 Å². The van der Waals surface area contributed by atoms with E-state index in [4.69, 9.17) is 4.74 Å². The van der Waals surface area contributed by atoms with Crippen LogP contribution in [0.1, 0.15) is 34.1 Å². The number of hydrogen-bond donors (Lipinski definition) is 0. The zero-order valence-electron chi connectivity index (χ0n) is 12.1. The number of rotatable bonds is 4.